The fourth-order valence-corrected chi connectivity index (χ4v) is 3.84. The Hall–Kier alpha value is -1.59. The standard InChI is InChI=1S/C17H11Cl3N2OS/c1-9(10-6-7-12(18)13(19)8-10)21-22-17(23)16-15(20)11-4-2-3-5-14(11)24-16/h2-8H,1H3,(H,22,23). The number of nitrogens with one attached hydrogen (secondary N) is 1. The minimum Gasteiger partial charge on any atom is -0.266 e. The average molecular weight is 398 g/mol. The molecule has 2 aromatic carbocycles. The topological polar surface area (TPSA) is 41.5 Å². The number of rotatable bonds is 3. The first-order chi connectivity index (χ1) is 11.5. The fraction of sp³-hybridized carbons (Fsp3) is 0.0588. The molecule has 0 aliphatic carbocycles. The molecule has 0 fully saturated rings. The Bertz CT molecular complexity index is 966. The molecule has 3 rings (SSSR count). The largest absolute Gasteiger partial charge is 0.283 e. The maximum absolute atomic E-state index is 12.4. The number of thiophene rings is 1. The first-order valence-electron chi connectivity index (χ1n) is 6.94. The normalized spacial score (nSPS) is 11.8. The summed E-state index contributed by atoms with van der Waals surface area (Å²) in [5.41, 5.74) is 3.91. The Labute approximate surface area is 157 Å². The second-order valence-corrected chi connectivity index (χ2v) is 7.25. The van der Waals surface area contributed by atoms with Crippen LogP contribution in [0.1, 0.15) is 22.2 Å². The molecule has 0 unspecified atom stereocenters. The molecule has 24 heavy (non-hydrogen) atoms. The van der Waals surface area contributed by atoms with Crippen LogP contribution in [0.15, 0.2) is 47.6 Å². The van der Waals surface area contributed by atoms with Crippen LogP contribution < -0.4 is 5.43 Å². The molecular formula is C17H11Cl3N2OS. The molecule has 0 saturated carbocycles. The molecule has 1 aromatic heterocycles. The van der Waals surface area contributed by atoms with Gasteiger partial charge in [-0.2, -0.15) is 5.10 Å². The third-order valence-electron chi connectivity index (χ3n) is 3.40. The predicted molar refractivity (Wildman–Crippen MR) is 103 cm³/mol. The smallest absolute Gasteiger partial charge is 0.266 e. The predicted octanol–water partition coefficient (Wildman–Crippen LogP) is 6.02. The van der Waals surface area contributed by atoms with Crippen molar-refractivity contribution in [2.75, 3.05) is 0 Å². The summed E-state index contributed by atoms with van der Waals surface area (Å²) in [6, 6.07) is 12.8. The average Bonchev–Trinajstić information content (AvgIpc) is 2.92. The second kappa shape index (κ2) is 7.11. The van der Waals surface area contributed by atoms with Crippen molar-refractivity contribution in [2.24, 2.45) is 5.10 Å². The molecule has 0 spiro atoms. The van der Waals surface area contributed by atoms with Gasteiger partial charge in [0, 0.05) is 10.1 Å². The first kappa shape index (κ1) is 17.2. The van der Waals surface area contributed by atoms with Gasteiger partial charge in [0.25, 0.3) is 5.91 Å². The number of nitrogens with zero attached hydrogens (tertiary/aromatic N) is 1. The van der Waals surface area contributed by atoms with E-state index in [-0.39, 0.29) is 5.91 Å². The number of benzene rings is 2. The van der Waals surface area contributed by atoms with E-state index in [1.165, 1.54) is 11.3 Å². The van der Waals surface area contributed by atoms with Crippen LogP contribution in [0.25, 0.3) is 10.1 Å². The molecule has 3 aromatic rings. The second-order valence-electron chi connectivity index (χ2n) is 5.01. The molecule has 1 amide bonds. The lowest BCUT2D eigenvalue weighted by molar-refractivity contribution is 0.0959. The number of carbonyl (C=O) groups excluding carboxylic acids is 1. The van der Waals surface area contributed by atoms with Crippen LogP contribution in [0.4, 0.5) is 0 Å². The zero-order valence-electron chi connectivity index (χ0n) is 12.4. The van der Waals surface area contributed by atoms with E-state index in [1.807, 2.05) is 24.3 Å². The number of halogens is 3. The zero-order chi connectivity index (χ0) is 17.3. The number of amides is 1. The van der Waals surface area contributed by atoms with Gasteiger partial charge < -0.3 is 0 Å². The van der Waals surface area contributed by atoms with Crippen LogP contribution in [0.3, 0.4) is 0 Å². The van der Waals surface area contributed by atoms with Crippen molar-refractivity contribution in [3.05, 3.63) is 68.0 Å². The van der Waals surface area contributed by atoms with Gasteiger partial charge in [0.15, 0.2) is 0 Å². The summed E-state index contributed by atoms with van der Waals surface area (Å²) >= 11 is 19.5. The third kappa shape index (κ3) is 3.42. The van der Waals surface area contributed by atoms with Crippen LogP contribution in [0.2, 0.25) is 15.1 Å². The molecule has 0 bridgehead atoms. The Morgan fingerprint density at radius 1 is 1.08 bits per heavy atom. The SMILES string of the molecule is CC(=NNC(=O)c1sc2ccccc2c1Cl)c1ccc(Cl)c(Cl)c1. The van der Waals surface area contributed by atoms with Gasteiger partial charge in [-0.05, 0) is 30.7 Å². The number of fused-ring (bicyclic) bond motifs is 1. The van der Waals surface area contributed by atoms with Gasteiger partial charge in [-0.1, -0.05) is 59.1 Å². The lowest BCUT2D eigenvalue weighted by atomic mass is 10.1. The van der Waals surface area contributed by atoms with Crippen LogP contribution >= 0.6 is 46.1 Å². The van der Waals surface area contributed by atoms with Crippen molar-refractivity contribution in [1.29, 1.82) is 0 Å². The summed E-state index contributed by atoms with van der Waals surface area (Å²) in [5, 5.41) is 6.32. The summed E-state index contributed by atoms with van der Waals surface area (Å²) in [5.74, 6) is -0.347. The van der Waals surface area contributed by atoms with Crippen LogP contribution in [0.5, 0.6) is 0 Å². The monoisotopic (exact) mass is 396 g/mol. The highest BCUT2D eigenvalue weighted by Gasteiger charge is 2.16. The van der Waals surface area contributed by atoms with Crippen molar-refractivity contribution in [3.63, 3.8) is 0 Å². The van der Waals surface area contributed by atoms with E-state index in [9.17, 15) is 4.79 Å². The fourth-order valence-electron chi connectivity index (χ4n) is 2.13. The van der Waals surface area contributed by atoms with Crippen LogP contribution in [0, 0.1) is 0 Å². The molecular weight excluding hydrogens is 387 g/mol. The maximum atomic E-state index is 12.4. The van der Waals surface area contributed by atoms with Gasteiger partial charge in [0.05, 0.1) is 20.8 Å². The molecule has 1 N–H and O–H groups in total. The summed E-state index contributed by atoms with van der Waals surface area (Å²) in [6.45, 7) is 1.77. The Morgan fingerprint density at radius 3 is 2.54 bits per heavy atom. The zero-order valence-corrected chi connectivity index (χ0v) is 15.5. The highest BCUT2D eigenvalue weighted by Crippen LogP contribution is 2.35. The first-order valence-corrected chi connectivity index (χ1v) is 8.89. The number of hydrogen-bond acceptors (Lipinski definition) is 3. The summed E-state index contributed by atoms with van der Waals surface area (Å²) in [4.78, 5) is 12.8. The summed E-state index contributed by atoms with van der Waals surface area (Å²) in [6.07, 6.45) is 0. The van der Waals surface area contributed by atoms with Crippen molar-refractivity contribution >= 4 is 67.8 Å². The van der Waals surface area contributed by atoms with Crippen molar-refractivity contribution in [3.8, 4) is 0 Å². The van der Waals surface area contributed by atoms with Crippen molar-refractivity contribution in [1.82, 2.24) is 5.43 Å². The van der Waals surface area contributed by atoms with Gasteiger partial charge in [-0.15, -0.1) is 11.3 Å². The van der Waals surface area contributed by atoms with E-state index in [0.717, 1.165) is 15.6 Å². The molecule has 0 saturated heterocycles. The highest BCUT2D eigenvalue weighted by molar-refractivity contribution is 7.21. The summed E-state index contributed by atoms with van der Waals surface area (Å²) in [7, 11) is 0. The lowest BCUT2D eigenvalue weighted by Gasteiger charge is -2.04. The minimum absolute atomic E-state index is 0.347. The van der Waals surface area contributed by atoms with E-state index in [1.54, 1.807) is 25.1 Å². The van der Waals surface area contributed by atoms with E-state index in [0.29, 0.717) is 25.7 Å². The van der Waals surface area contributed by atoms with Crippen LogP contribution in [-0.4, -0.2) is 11.6 Å². The Morgan fingerprint density at radius 2 is 1.83 bits per heavy atom. The van der Waals surface area contributed by atoms with Gasteiger partial charge in [-0.3, -0.25) is 4.79 Å². The summed E-state index contributed by atoms with van der Waals surface area (Å²) < 4.78 is 0.956. The van der Waals surface area contributed by atoms with Crippen LogP contribution in [-0.2, 0) is 0 Å². The third-order valence-corrected chi connectivity index (χ3v) is 5.82. The van der Waals surface area contributed by atoms with Gasteiger partial charge in [0.2, 0.25) is 0 Å². The Balaban J connectivity index is 1.83. The minimum atomic E-state index is -0.347. The van der Waals surface area contributed by atoms with Gasteiger partial charge in [0.1, 0.15) is 4.88 Å². The molecule has 1 heterocycles. The number of hydrogen-bond donors (Lipinski definition) is 1. The molecule has 122 valence electrons. The van der Waals surface area contributed by atoms with E-state index >= 15 is 0 Å². The van der Waals surface area contributed by atoms with Crippen molar-refractivity contribution < 1.29 is 4.79 Å². The number of carbonyl (C=O) groups is 1. The van der Waals surface area contributed by atoms with E-state index in [2.05, 4.69) is 10.5 Å². The lowest BCUT2D eigenvalue weighted by Crippen LogP contribution is -2.18. The van der Waals surface area contributed by atoms with E-state index < -0.39 is 0 Å². The quantitative estimate of drug-likeness (QED) is 0.426. The highest BCUT2D eigenvalue weighted by atomic mass is 35.5. The molecule has 0 aliphatic heterocycles. The van der Waals surface area contributed by atoms with Gasteiger partial charge in [-0.25, -0.2) is 5.43 Å². The van der Waals surface area contributed by atoms with Crippen molar-refractivity contribution in [2.45, 2.75) is 6.92 Å². The Kier molecular flexibility index (Phi) is 5.11. The molecule has 3 nitrogen and oxygen atoms in total. The van der Waals surface area contributed by atoms with Gasteiger partial charge >= 0.3 is 0 Å². The van der Waals surface area contributed by atoms with E-state index in [4.69, 9.17) is 34.8 Å². The molecule has 0 atom stereocenters. The maximum Gasteiger partial charge on any atom is 0.283 e. The molecule has 0 radical (unpaired) electrons. The molecule has 7 heteroatoms. The number of hydrazone groups is 1. The molecule has 0 aliphatic rings.